The van der Waals surface area contributed by atoms with E-state index < -0.39 is 0 Å². The SMILES string of the molecule is O=C1CC(C(=O)N2CCCC2c2cccs2)CN1CC1CC1. The van der Waals surface area contributed by atoms with Crippen molar-refractivity contribution in [2.75, 3.05) is 19.6 Å². The van der Waals surface area contributed by atoms with Crippen molar-refractivity contribution in [3.8, 4) is 0 Å². The van der Waals surface area contributed by atoms with Crippen LogP contribution in [0, 0.1) is 11.8 Å². The summed E-state index contributed by atoms with van der Waals surface area (Å²) in [6.07, 6.45) is 5.03. The minimum atomic E-state index is -0.119. The first-order valence-corrected chi connectivity index (χ1v) is 9.22. The molecule has 3 heterocycles. The Bertz CT molecular complexity index is 567. The molecule has 1 saturated carbocycles. The van der Waals surface area contributed by atoms with Gasteiger partial charge in [0, 0.05) is 30.9 Å². The topological polar surface area (TPSA) is 40.6 Å². The van der Waals surface area contributed by atoms with Crippen molar-refractivity contribution in [1.29, 1.82) is 0 Å². The Balaban J connectivity index is 1.43. The molecule has 0 spiro atoms. The Kier molecular flexibility index (Phi) is 3.68. The van der Waals surface area contributed by atoms with Gasteiger partial charge < -0.3 is 9.80 Å². The van der Waals surface area contributed by atoms with Crippen LogP contribution in [0.15, 0.2) is 17.5 Å². The molecule has 1 aliphatic carbocycles. The van der Waals surface area contributed by atoms with Crippen molar-refractivity contribution < 1.29 is 9.59 Å². The molecular weight excluding hydrogens is 296 g/mol. The van der Waals surface area contributed by atoms with Crippen LogP contribution >= 0.6 is 11.3 Å². The van der Waals surface area contributed by atoms with Crippen LogP contribution in [0.3, 0.4) is 0 Å². The van der Waals surface area contributed by atoms with Gasteiger partial charge in [-0.1, -0.05) is 6.07 Å². The zero-order valence-corrected chi connectivity index (χ0v) is 13.6. The lowest BCUT2D eigenvalue weighted by atomic mass is 10.1. The second-order valence-electron chi connectivity index (χ2n) is 6.85. The van der Waals surface area contributed by atoms with Gasteiger partial charge >= 0.3 is 0 Å². The number of hydrogen-bond donors (Lipinski definition) is 0. The van der Waals surface area contributed by atoms with E-state index >= 15 is 0 Å². The van der Waals surface area contributed by atoms with Crippen molar-refractivity contribution in [3.63, 3.8) is 0 Å². The van der Waals surface area contributed by atoms with Gasteiger partial charge in [-0.25, -0.2) is 0 Å². The average molecular weight is 318 g/mol. The highest BCUT2D eigenvalue weighted by atomic mass is 32.1. The molecule has 1 aromatic rings. The summed E-state index contributed by atoms with van der Waals surface area (Å²) in [5.74, 6) is 0.954. The Morgan fingerprint density at radius 2 is 2.18 bits per heavy atom. The van der Waals surface area contributed by atoms with Gasteiger partial charge in [-0.3, -0.25) is 9.59 Å². The Labute approximate surface area is 135 Å². The lowest BCUT2D eigenvalue weighted by Crippen LogP contribution is -2.37. The van der Waals surface area contributed by atoms with E-state index in [1.807, 2.05) is 9.80 Å². The Morgan fingerprint density at radius 3 is 2.91 bits per heavy atom. The van der Waals surface area contributed by atoms with Gasteiger partial charge in [0.25, 0.3) is 0 Å². The lowest BCUT2D eigenvalue weighted by Gasteiger charge is -2.26. The van der Waals surface area contributed by atoms with Gasteiger partial charge in [0.1, 0.15) is 0 Å². The number of nitrogens with zero attached hydrogens (tertiary/aromatic N) is 2. The number of thiophene rings is 1. The maximum absolute atomic E-state index is 12.9. The molecule has 3 fully saturated rings. The number of carbonyl (C=O) groups excluding carboxylic acids is 2. The summed E-state index contributed by atoms with van der Waals surface area (Å²) in [5, 5.41) is 2.08. The Hall–Kier alpha value is -1.36. The fraction of sp³-hybridized carbons (Fsp3) is 0.647. The van der Waals surface area contributed by atoms with Crippen LogP contribution in [0.5, 0.6) is 0 Å². The first-order chi connectivity index (χ1) is 10.7. The van der Waals surface area contributed by atoms with Crippen LogP contribution in [0.1, 0.15) is 43.0 Å². The third-order valence-corrected chi connectivity index (χ3v) is 6.12. The molecule has 1 aromatic heterocycles. The van der Waals surface area contributed by atoms with Crippen LogP contribution in [0.2, 0.25) is 0 Å². The van der Waals surface area contributed by atoms with Crippen molar-refractivity contribution >= 4 is 23.2 Å². The molecular formula is C17H22N2O2S. The van der Waals surface area contributed by atoms with Crippen molar-refractivity contribution in [2.45, 2.75) is 38.1 Å². The maximum Gasteiger partial charge on any atom is 0.228 e. The van der Waals surface area contributed by atoms with Gasteiger partial charge in [-0.15, -0.1) is 11.3 Å². The number of carbonyl (C=O) groups is 2. The van der Waals surface area contributed by atoms with Crippen molar-refractivity contribution in [2.24, 2.45) is 11.8 Å². The molecule has 2 atom stereocenters. The molecule has 0 bridgehead atoms. The molecule has 0 N–H and O–H groups in total. The maximum atomic E-state index is 12.9. The molecule has 3 aliphatic rings. The Morgan fingerprint density at radius 1 is 1.32 bits per heavy atom. The standard InChI is InChI=1S/C17H22N2O2S/c20-16-9-13(11-18(16)10-12-5-6-12)17(21)19-7-1-3-14(19)15-4-2-8-22-15/h2,4,8,12-14H,1,3,5-7,9-11H2. The molecule has 4 nitrogen and oxygen atoms in total. The smallest absolute Gasteiger partial charge is 0.228 e. The van der Waals surface area contributed by atoms with E-state index in [2.05, 4.69) is 17.5 Å². The van der Waals surface area contributed by atoms with E-state index in [0.717, 1.165) is 25.9 Å². The van der Waals surface area contributed by atoms with E-state index in [1.54, 1.807) is 11.3 Å². The van der Waals surface area contributed by atoms with E-state index in [1.165, 1.54) is 17.7 Å². The molecule has 118 valence electrons. The minimum absolute atomic E-state index is 0.119. The predicted octanol–water partition coefficient (Wildman–Crippen LogP) is 2.67. The second kappa shape index (κ2) is 5.69. The number of rotatable bonds is 4. The first kappa shape index (κ1) is 14.2. The van der Waals surface area contributed by atoms with Crippen molar-refractivity contribution in [1.82, 2.24) is 9.80 Å². The van der Waals surface area contributed by atoms with E-state index in [-0.39, 0.29) is 23.8 Å². The summed E-state index contributed by atoms with van der Waals surface area (Å²) < 4.78 is 0. The molecule has 2 saturated heterocycles. The van der Waals surface area contributed by atoms with Crippen LogP contribution in [-0.4, -0.2) is 41.2 Å². The van der Waals surface area contributed by atoms with Gasteiger partial charge in [0.05, 0.1) is 12.0 Å². The molecule has 2 aliphatic heterocycles. The number of hydrogen-bond acceptors (Lipinski definition) is 3. The van der Waals surface area contributed by atoms with E-state index in [4.69, 9.17) is 0 Å². The highest BCUT2D eigenvalue weighted by molar-refractivity contribution is 7.10. The zero-order chi connectivity index (χ0) is 15.1. The number of likely N-dealkylation sites (tertiary alicyclic amines) is 2. The molecule has 2 unspecified atom stereocenters. The summed E-state index contributed by atoms with van der Waals surface area (Å²) in [6.45, 7) is 2.35. The van der Waals surface area contributed by atoms with Gasteiger partial charge in [0.2, 0.25) is 11.8 Å². The van der Waals surface area contributed by atoms with Crippen LogP contribution in [-0.2, 0) is 9.59 Å². The average Bonchev–Trinajstić information content (AvgIpc) is 2.96. The molecule has 0 radical (unpaired) electrons. The predicted molar refractivity (Wildman–Crippen MR) is 85.4 cm³/mol. The monoisotopic (exact) mass is 318 g/mol. The van der Waals surface area contributed by atoms with Crippen LogP contribution < -0.4 is 0 Å². The summed E-state index contributed by atoms with van der Waals surface area (Å²) in [5.41, 5.74) is 0. The third-order valence-electron chi connectivity index (χ3n) is 5.15. The highest BCUT2D eigenvalue weighted by Gasteiger charge is 2.41. The van der Waals surface area contributed by atoms with Gasteiger partial charge in [-0.2, -0.15) is 0 Å². The van der Waals surface area contributed by atoms with Crippen LogP contribution in [0.25, 0.3) is 0 Å². The first-order valence-electron chi connectivity index (χ1n) is 8.34. The zero-order valence-electron chi connectivity index (χ0n) is 12.7. The summed E-state index contributed by atoms with van der Waals surface area (Å²) in [7, 11) is 0. The van der Waals surface area contributed by atoms with E-state index in [9.17, 15) is 9.59 Å². The molecule has 2 amide bonds. The van der Waals surface area contributed by atoms with E-state index in [0.29, 0.717) is 18.9 Å². The summed E-state index contributed by atoms with van der Waals surface area (Å²) >= 11 is 1.73. The summed E-state index contributed by atoms with van der Waals surface area (Å²) in [4.78, 5) is 30.3. The number of amides is 2. The quantitative estimate of drug-likeness (QED) is 0.856. The molecule has 0 aromatic carbocycles. The molecule has 4 rings (SSSR count). The second-order valence-corrected chi connectivity index (χ2v) is 7.83. The fourth-order valence-electron chi connectivity index (χ4n) is 3.77. The highest BCUT2D eigenvalue weighted by Crippen LogP contribution is 2.37. The normalized spacial score (nSPS) is 28.6. The summed E-state index contributed by atoms with van der Waals surface area (Å²) in [6, 6.07) is 4.41. The van der Waals surface area contributed by atoms with Gasteiger partial charge in [0.15, 0.2) is 0 Å². The van der Waals surface area contributed by atoms with Crippen molar-refractivity contribution in [3.05, 3.63) is 22.4 Å². The lowest BCUT2D eigenvalue weighted by molar-refractivity contribution is -0.136. The van der Waals surface area contributed by atoms with Gasteiger partial charge in [-0.05, 0) is 43.0 Å². The van der Waals surface area contributed by atoms with Crippen LogP contribution in [0.4, 0.5) is 0 Å². The minimum Gasteiger partial charge on any atom is -0.342 e. The fourth-order valence-corrected chi connectivity index (χ4v) is 4.64. The molecule has 5 heteroatoms. The third kappa shape index (κ3) is 2.67. The largest absolute Gasteiger partial charge is 0.342 e. The molecule has 22 heavy (non-hydrogen) atoms.